The predicted molar refractivity (Wildman–Crippen MR) is 116 cm³/mol. The van der Waals surface area contributed by atoms with E-state index in [1.807, 2.05) is 31.2 Å². The molecule has 144 valence electrons. The highest BCUT2D eigenvalue weighted by Gasteiger charge is 2.08. The molecule has 1 aromatic carbocycles. The van der Waals surface area contributed by atoms with Crippen molar-refractivity contribution in [2.45, 2.75) is 26.4 Å². The molecule has 0 bridgehead atoms. The van der Waals surface area contributed by atoms with Gasteiger partial charge in [-0.1, -0.05) is 12.1 Å². The number of methoxy groups -OCH3 is 1. The lowest BCUT2D eigenvalue weighted by Crippen LogP contribution is -2.39. The zero-order valence-electron chi connectivity index (χ0n) is 16.0. The van der Waals surface area contributed by atoms with Crippen molar-refractivity contribution in [3.8, 4) is 11.5 Å². The van der Waals surface area contributed by atoms with Gasteiger partial charge in [-0.2, -0.15) is 0 Å². The van der Waals surface area contributed by atoms with Crippen LogP contribution < -0.4 is 20.1 Å². The molecule has 0 radical (unpaired) electrons. The molecule has 2 N–H and O–H groups in total. The van der Waals surface area contributed by atoms with Crippen molar-refractivity contribution >= 4 is 29.9 Å². The number of hydrogen-bond donors (Lipinski definition) is 2. The molecule has 25 heavy (non-hydrogen) atoms. The summed E-state index contributed by atoms with van der Waals surface area (Å²) in [7, 11) is 5.80. The van der Waals surface area contributed by atoms with Crippen LogP contribution in [0.25, 0.3) is 0 Å². The minimum absolute atomic E-state index is 0. The zero-order chi connectivity index (χ0) is 17.8. The average molecular weight is 464 g/mol. The van der Waals surface area contributed by atoms with Gasteiger partial charge < -0.3 is 25.0 Å². The van der Waals surface area contributed by atoms with E-state index in [0.29, 0.717) is 6.54 Å². The molecule has 0 saturated heterocycles. The van der Waals surface area contributed by atoms with Gasteiger partial charge in [0, 0.05) is 13.1 Å². The van der Waals surface area contributed by atoms with Crippen LogP contribution in [0.4, 0.5) is 0 Å². The van der Waals surface area contributed by atoms with Gasteiger partial charge in [-0.3, -0.25) is 0 Å². The Hall–Kier alpha value is -1.22. The van der Waals surface area contributed by atoms with Crippen molar-refractivity contribution in [2.75, 3.05) is 47.4 Å². The van der Waals surface area contributed by atoms with Gasteiger partial charge in [0.2, 0.25) is 0 Å². The van der Waals surface area contributed by atoms with Crippen LogP contribution in [0.2, 0.25) is 0 Å². The molecule has 0 heterocycles. The Morgan fingerprint density at radius 3 is 2.48 bits per heavy atom. The third kappa shape index (κ3) is 10.4. The fourth-order valence-electron chi connectivity index (χ4n) is 2.13. The lowest BCUT2D eigenvalue weighted by Gasteiger charge is -2.17. The van der Waals surface area contributed by atoms with E-state index in [4.69, 9.17) is 9.47 Å². The Kier molecular flexibility index (Phi) is 13.3. The number of benzene rings is 1. The van der Waals surface area contributed by atoms with Crippen LogP contribution in [0.15, 0.2) is 29.3 Å². The summed E-state index contributed by atoms with van der Waals surface area (Å²) in [5.41, 5.74) is 0. The predicted octanol–water partition coefficient (Wildman–Crippen LogP) is 2.59. The third-order valence-electron chi connectivity index (χ3n) is 3.32. The maximum absolute atomic E-state index is 5.93. The van der Waals surface area contributed by atoms with Gasteiger partial charge in [-0.25, -0.2) is 4.99 Å². The van der Waals surface area contributed by atoms with Gasteiger partial charge in [0.25, 0.3) is 0 Å². The molecule has 0 spiro atoms. The summed E-state index contributed by atoms with van der Waals surface area (Å²) < 4.78 is 11.2. The maximum atomic E-state index is 5.93. The van der Waals surface area contributed by atoms with E-state index in [0.717, 1.165) is 43.5 Å². The second-order valence-corrected chi connectivity index (χ2v) is 5.88. The Morgan fingerprint density at radius 2 is 1.88 bits per heavy atom. The monoisotopic (exact) mass is 464 g/mol. The molecule has 0 saturated carbocycles. The van der Waals surface area contributed by atoms with Crippen molar-refractivity contribution in [3.63, 3.8) is 0 Å². The average Bonchev–Trinajstić information content (AvgIpc) is 2.56. The van der Waals surface area contributed by atoms with Crippen molar-refractivity contribution in [2.24, 2.45) is 4.99 Å². The Balaban J connectivity index is 0.00000576. The fourth-order valence-corrected chi connectivity index (χ4v) is 2.13. The standard InChI is InChI=1S/C18H32N4O2.HI/c1-6-19-18(20-12-9-13-22(3)4)21-14-15(2)24-17-11-8-7-10-16(17)23-5;/h7-8,10-11,15H,6,9,12-14H2,1-5H3,(H2,19,20,21);1H. The van der Waals surface area contributed by atoms with Crippen LogP contribution in [0, 0.1) is 0 Å². The molecule has 0 amide bonds. The van der Waals surface area contributed by atoms with Crippen molar-refractivity contribution < 1.29 is 9.47 Å². The van der Waals surface area contributed by atoms with Gasteiger partial charge >= 0.3 is 0 Å². The molecule has 1 aromatic rings. The summed E-state index contributed by atoms with van der Waals surface area (Å²) in [5.74, 6) is 2.31. The van der Waals surface area contributed by atoms with Gasteiger partial charge in [-0.05, 0) is 53.0 Å². The third-order valence-corrected chi connectivity index (χ3v) is 3.32. The van der Waals surface area contributed by atoms with Crippen LogP contribution in [-0.2, 0) is 0 Å². The molecule has 7 heteroatoms. The molecule has 1 atom stereocenters. The van der Waals surface area contributed by atoms with Crippen molar-refractivity contribution in [1.82, 2.24) is 15.5 Å². The Bertz CT molecular complexity index is 498. The smallest absolute Gasteiger partial charge is 0.191 e. The SMILES string of the molecule is CCNC(=NCC(C)Oc1ccccc1OC)NCCCN(C)C.I. The summed E-state index contributed by atoms with van der Waals surface area (Å²) in [6.45, 7) is 7.42. The van der Waals surface area contributed by atoms with Gasteiger partial charge in [0.15, 0.2) is 17.5 Å². The largest absolute Gasteiger partial charge is 0.493 e. The van der Waals surface area contributed by atoms with Gasteiger partial charge in [0.05, 0.1) is 13.7 Å². The molecule has 1 unspecified atom stereocenters. The number of rotatable bonds is 10. The van der Waals surface area contributed by atoms with Crippen LogP contribution in [0.1, 0.15) is 20.3 Å². The summed E-state index contributed by atoms with van der Waals surface area (Å²) in [6, 6.07) is 7.66. The Labute approximate surface area is 169 Å². The van der Waals surface area contributed by atoms with E-state index in [1.165, 1.54) is 0 Å². The van der Waals surface area contributed by atoms with Crippen molar-refractivity contribution in [3.05, 3.63) is 24.3 Å². The summed E-state index contributed by atoms with van der Waals surface area (Å²) in [4.78, 5) is 6.77. The Morgan fingerprint density at radius 1 is 1.20 bits per heavy atom. The molecular weight excluding hydrogens is 431 g/mol. The molecular formula is C18H33IN4O2. The number of aliphatic imine (C=N–C) groups is 1. The number of para-hydroxylation sites is 2. The van der Waals surface area contributed by atoms with E-state index in [-0.39, 0.29) is 30.1 Å². The summed E-state index contributed by atoms with van der Waals surface area (Å²) >= 11 is 0. The lowest BCUT2D eigenvalue weighted by molar-refractivity contribution is 0.219. The number of nitrogens with one attached hydrogen (secondary N) is 2. The lowest BCUT2D eigenvalue weighted by atomic mass is 10.3. The van der Waals surface area contributed by atoms with Gasteiger partial charge in [0.1, 0.15) is 6.10 Å². The molecule has 6 nitrogen and oxygen atoms in total. The van der Waals surface area contributed by atoms with Crippen LogP contribution in [0.5, 0.6) is 11.5 Å². The van der Waals surface area contributed by atoms with E-state index in [1.54, 1.807) is 7.11 Å². The van der Waals surface area contributed by atoms with E-state index in [2.05, 4.69) is 41.5 Å². The molecule has 1 rings (SSSR count). The molecule has 0 aliphatic heterocycles. The molecule has 0 aromatic heterocycles. The first kappa shape index (κ1) is 23.8. The molecule has 0 fully saturated rings. The van der Waals surface area contributed by atoms with Crippen LogP contribution in [-0.4, -0.2) is 64.3 Å². The number of halogens is 1. The number of hydrogen-bond acceptors (Lipinski definition) is 4. The fraction of sp³-hybridized carbons (Fsp3) is 0.611. The van der Waals surface area contributed by atoms with E-state index in [9.17, 15) is 0 Å². The molecule has 0 aliphatic carbocycles. The highest BCUT2D eigenvalue weighted by atomic mass is 127. The second kappa shape index (κ2) is 14.0. The molecule has 0 aliphatic rings. The summed E-state index contributed by atoms with van der Waals surface area (Å²) in [6.07, 6.45) is 1.03. The number of nitrogens with zero attached hydrogens (tertiary/aromatic N) is 2. The first-order valence-electron chi connectivity index (χ1n) is 8.53. The second-order valence-electron chi connectivity index (χ2n) is 5.88. The maximum Gasteiger partial charge on any atom is 0.191 e. The minimum Gasteiger partial charge on any atom is -0.493 e. The van der Waals surface area contributed by atoms with E-state index < -0.39 is 0 Å². The number of guanidine groups is 1. The zero-order valence-corrected chi connectivity index (χ0v) is 18.4. The van der Waals surface area contributed by atoms with Crippen LogP contribution >= 0.6 is 24.0 Å². The number of ether oxygens (including phenoxy) is 2. The first-order valence-corrected chi connectivity index (χ1v) is 8.53. The van der Waals surface area contributed by atoms with Gasteiger partial charge in [-0.15, -0.1) is 24.0 Å². The summed E-state index contributed by atoms with van der Waals surface area (Å²) in [5, 5.41) is 6.61. The first-order chi connectivity index (χ1) is 11.6. The van der Waals surface area contributed by atoms with Crippen LogP contribution in [0.3, 0.4) is 0 Å². The van der Waals surface area contributed by atoms with E-state index >= 15 is 0 Å². The highest BCUT2D eigenvalue weighted by Crippen LogP contribution is 2.26. The topological polar surface area (TPSA) is 58.1 Å². The quantitative estimate of drug-likeness (QED) is 0.241. The highest BCUT2D eigenvalue weighted by molar-refractivity contribution is 14.0. The normalized spacial score (nSPS) is 12.3. The minimum atomic E-state index is -0.0430. The van der Waals surface area contributed by atoms with Crippen molar-refractivity contribution in [1.29, 1.82) is 0 Å².